The molecule has 7 heteroatoms. The van der Waals surface area contributed by atoms with Gasteiger partial charge in [0, 0.05) is 12.1 Å². The molecule has 0 aromatic heterocycles. The third-order valence-electron chi connectivity index (χ3n) is 3.67. The number of carbonyl (C=O) groups excluding carboxylic acids is 1. The first-order valence-electron chi connectivity index (χ1n) is 6.67. The van der Waals surface area contributed by atoms with Crippen LogP contribution in [-0.4, -0.2) is 28.3 Å². The molecule has 2 rings (SSSR count). The normalized spacial score (nSPS) is 14.7. The van der Waals surface area contributed by atoms with Crippen molar-refractivity contribution < 1.29 is 9.72 Å². The van der Waals surface area contributed by atoms with Gasteiger partial charge < -0.3 is 4.90 Å². The second-order valence-electron chi connectivity index (χ2n) is 4.93. The third-order valence-corrected chi connectivity index (χ3v) is 4.51. The van der Waals surface area contributed by atoms with Crippen molar-refractivity contribution in [2.45, 2.75) is 31.7 Å². The molecular formula is C14H14BrN3O3. The molecule has 6 nitrogen and oxygen atoms in total. The van der Waals surface area contributed by atoms with Crippen LogP contribution in [0.15, 0.2) is 22.7 Å². The number of nitriles is 1. The quantitative estimate of drug-likeness (QED) is 0.473. The molecule has 110 valence electrons. The van der Waals surface area contributed by atoms with Crippen molar-refractivity contribution in [3.63, 3.8) is 0 Å². The molecule has 1 aliphatic carbocycles. The summed E-state index contributed by atoms with van der Waals surface area (Å²) >= 11 is 3.14. The number of nitro groups is 1. The van der Waals surface area contributed by atoms with Gasteiger partial charge in [-0.3, -0.25) is 14.9 Å². The summed E-state index contributed by atoms with van der Waals surface area (Å²) in [6.07, 6.45) is 3.83. The van der Waals surface area contributed by atoms with Crippen molar-refractivity contribution in [1.29, 1.82) is 5.26 Å². The van der Waals surface area contributed by atoms with E-state index in [9.17, 15) is 14.9 Å². The zero-order chi connectivity index (χ0) is 15.4. The van der Waals surface area contributed by atoms with E-state index in [1.165, 1.54) is 17.0 Å². The fourth-order valence-corrected chi connectivity index (χ4v) is 3.22. The van der Waals surface area contributed by atoms with Gasteiger partial charge in [-0.05, 0) is 34.8 Å². The first kappa shape index (κ1) is 15.4. The topological polar surface area (TPSA) is 87.2 Å². The zero-order valence-electron chi connectivity index (χ0n) is 11.3. The molecular weight excluding hydrogens is 338 g/mol. The Morgan fingerprint density at radius 3 is 2.71 bits per heavy atom. The van der Waals surface area contributed by atoms with E-state index in [2.05, 4.69) is 15.9 Å². The largest absolute Gasteiger partial charge is 0.322 e. The van der Waals surface area contributed by atoms with Gasteiger partial charge in [-0.1, -0.05) is 18.9 Å². The average Bonchev–Trinajstić information content (AvgIpc) is 2.98. The Morgan fingerprint density at radius 1 is 1.48 bits per heavy atom. The van der Waals surface area contributed by atoms with Crippen LogP contribution in [0.25, 0.3) is 0 Å². The monoisotopic (exact) mass is 351 g/mol. The highest BCUT2D eigenvalue weighted by atomic mass is 79.9. The molecule has 0 spiro atoms. The molecule has 0 saturated heterocycles. The Balaban J connectivity index is 2.35. The van der Waals surface area contributed by atoms with Crippen LogP contribution in [0.5, 0.6) is 0 Å². The summed E-state index contributed by atoms with van der Waals surface area (Å²) in [5.74, 6) is -0.334. The van der Waals surface area contributed by atoms with Crippen LogP contribution in [-0.2, 0) is 0 Å². The standard InChI is InChI=1S/C14H14BrN3O3/c15-13-11(6-3-7-12(13)18(20)21)14(19)17(9-8-16)10-4-1-2-5-10/h3,6-7,10H,1-2,4-5,9H2. The molecule has 1 saturated carbocycles. The molecule has 21 heavy (non-hydrogen) atoms. The van der Waals surface area contributed by atoms with Crippen LogP contribution < -0.4 is 0 Å². The highest BCUT2D eigenvalue weighted by molar-refractivity contribution is 9.10. The van der Waals surface area contributed by atoms with Gasteiger partial charge in [0.15, 0.2) is 0 Å². The van der Waals surface area contributed by atoms with E-state index in [0.29, 0.717) is 0 Å². The molecule has 1 amide bonds. The van der Waals surface area contributed by atoms with Gasteiger partial charge in [-0.2, -0.15) is 5.26 Å². The van der Waals surface area contributed by atoms with Gasteiger partial charge in [0.2, 0.25) is 0 Å². The SMILES string of the molecule is N#CCN(C(=O)c1cccc([N+](=O)[O-])c1Br)C1CCCC1. The van der Waals surface area contributed by atoms with E-state index in [1.807, 2.05) is 6.07 Å². The summed E-state index contributed by atoms with van der Waals surface area (Å²) in [5.41, 5.74) is 0.0792. The molecule has 0 aliphatic heterocycles. The van der Waals surface area contributed by atoms with Crippen LogP contribution >= 0.6 is 15.9 Å². The average molecular weight is 352 g/mol. The molecule has 1 fully saturated rings. The van der Waals surface area contributed by atoms with Crippen LogP contribution in [0.1, 0.15) is 36.0 Å². The maximum atomic E-state index is 12.6. The Labute approximate surface area is 130 Å². The summed E-state index contributed by atoms with van der Waals surface area (Å²) in [5, 5.41) is 19.9. The fourth-order valence-electron chi connectivity index (χ4n) is 2.64. The van der Waals surface area contributed by atoms with Crippen LogP contribution in [0.2, 0.25) is 0 Å². The predicted octanol–water partition coefficient (Wildman–Crippen LogP) is 3.27. The number of hydrogen-bond donors (Lipinski definition) is 0. The lowest BCUT2D eigenvalue weighted by molar-refractivity contribution is -0.385. The number of benzene rings is 1. The van der Waals surface area contributed by atoms with Crippen molar-refractivity contribution in [2.24, 2.45) is 0 Å². The van der Waals surface area contributed by atoms with Crippen molar-refractivity contribution in [1.82, 2.24) is 4.90 Å². The van der Waals surface area contributed by atoms with Crippen molar-refractivity contribution in [3.05, 3.63) is 38.3 Å². The second kappa shape index (κ2) is 6.68. The summed E-state index contributed by atoms with van der Waals surface area (Å²) in [6, 6.07) is 6.41. The van der Waals surface area contributed by atoms with Crippen LogP contribution in [0.4, 0.5) is 5.69 Å². The summed E-state index contributed by atoms with van der Waals surface area (Å²) in [6.45, 7) is -0.00136. The maximum absolute atomic E-state index is 12.6. The lowest BCUT2D eigenvalue weighted by atomic mass is 10.1. The molecule has 0 heterocycles. The predicted molar refractivity (Wildman–Crippen MR) is 79.7 cm³/mol. The van der Waals surface area contributed by atoms with Gasteiger partial charge >= 0.3 is 0 Å². The molecule has 0 radical (unpaired) electrons. The van der Waals surface area contributed by atoms with Gasteiger partial charge in [-0.25, -0.2) is 0 Å². The molecule has 0 N–H and O–H groups in total. The maximum Gasteiger partial charge on any atom is 0.284 e. The molecule has 0 bridgehead atoms. The number of carbonyl (C=O) groups is 1. The zero-order valence-corrected chi connectivity index (χ0v) is 12.9. The number of nitro benzene ring substituents is 1. The van der Waals surface area contributed by atoms with Gasteiger partial charge in [0.05, 0.1) is 16.6 Å². The number of nitrogens with zero attached hydrogens (tertiary/aromatic N) is 3. The smallest absolute Gasteiger partial charge is 0.284 e. The van der Waals surface area contributed by atoms with Gasteiger partial charge in [-0.15, -0.1) is 0 Å². The van der Waals surface area contributed by atoms with E-state index in [4.69, 9.17) is 5.26 Å². The van der Waals surface area contributed by atoms with Crippen molar-refractivity contribution >= 4 is 27.5 Å². The highest BCUT2D eigenvalue weighted by Gasteiger charge is 2.29. The van der Waals surface area contributed by atoms with E-state index >= 15 is 0 Å². The van der Waals surface area contributed by atoms with E-state index in [0.717, 1.165) is 25.7 Å². The Bertz CT molecular complexity index is 606. The fraction of sp³-hybridized carbons (Fsp3) is 0.429. The van der Waals surface area contributed by atoms with Crippen molar-refractivity contribution in [2.75, 3.05) is 6.54 Å². The van der Waals surface area contributed by atoms with E-state index in [-0.39, 0.29) is 34.2 Å². The van der Waals surface area contributed by atoms with Crippen LogP contribution in [0.3, 0.4) is 0 Å². The lowest BCUT2D eigenvalue weighted by Gasteiger charge is -2.26. The summed E-state index contributed by atoms with van der Waals surface area (Å²) in [7, 11) is 0. The number of rotatable bonds is 4. The Hall–Kier alpha value is -1.94. The first-order chi connectivity index (χ1) is 10.1. The highest BCUT2D eigenvalue weighted by Crippen LogP contribution is 2.31. The first-order valence-corrected chi connectivity index (χ1v) is 7.46. The number of hydrogen-bond acceptors (Lipinski definition) is 4. The van der Waals surface area contributed by atoms with Crippen LogP contribution in [0, 0.1) is 21.4 Å². The molecule has 1 aliphatic rings. The summed E-state index contributed by atoms with van der Waals surface area (Å²) in [4.78, 5) is 24.6. The molecule has 1 aromatic carbocycles. The number of amides is 1. The minimum Gasteiger partial charge on any atom is -0.322 e. The molecule has 0 unspecified atom stereocenters. The summed E-state index contributed by atoms with van der Waals surface area (Å²) < 4.78 is 0.168. The molecule has 1 aromatic rings. The van der Waals surface area contributed by atoms with Gasteiger partial charge in [0.25, 0.3) is 11.6 Å². The second-order valence-corrected chi connectivity index (χ2v) is 5.72. The third kappa shape index (κ3) is 3.22. The lowest BCUT2D eigenvalue weighted by Crippen LogP contribution is -2.39. The molecule has 0 atom stereocenters. The Morgan fingerprint density at radius 2 is 2.14 bits per heavy atom. The Kier molecular flexibility index (Phi) is 4.91. The van der Waals surface area contributed by atoms with Gasteiger partial charge in [0.1, 0.15) is 11.0 Å². The van der Waals surface area contributed by atoms with E-state index < -0.39 is 4.92 Å². The number of halogens is 1. The minimum atomic E-state index is -0.537. The van der Waals surface area contributed by atoms with E-state index in [1.54, 1.807) is 6.07 Å². The minimum absolute atomic E-state index is 0.00136. The van der Waals surface area contributed by atoms with Crippen molar-refractivity contribution in [3.8, 4) is 6.07 Å².